The maximum atomic E-state index is 12.1. The smallest absolute Gasteiger partial charge is 0.333 e. The number of ether oxygens (including phenoxy) is 1. The first-order valence-electron chi connectivity index (χ1n) is 7.32. The van der Waals surface area contributed by atoms with Gasteiger partial charge in [0.15, 0.2) is 0 Å². The lowest BCUT2D eigenvalue weighted by atomic mass is 10.2. The zero-order chi connectivity index (χ0) is 17.5. The van der Waals surface area contributed by atoms with Gasteiger partial charge in [-0.1, -0.05) is 35.5 Å². The van der Waals surface area contributed by atoms with Gasteiger partial charge in [0.1, 0.15) is 6.54 Å². The van der Waals surface area contributed by atoms with Crippen LogP contribution in [-0.2, 0) is 25.7 Å². The van der Waals surface area contributed by atoms with Crippen LogP contribution in [0.4, 0.5) is 0 Å². The predicted molar refractivity (Wildman–Crippen MR) is 92.2 cm³/mol. The van der Waals surface area contributed by atoms with Crippen molar-refractivity contribution in [3.05, 3.63) is 46.0 Å². The second-order valence-electron chi connectivity index (χ2n) is 4.91. The second-order valence-corrected chi connectivity index (χ2v) is 6.34. The summed E-state index contributed by atoms with van der Waals surface area (Å²) in [5.41, 5.74) is 0.861. The fourth-order valence-corrected chi connectivity index (χ4v) is 3.17. The first-order valence-corrected chi connectivity index (χ1v) is 8.68. The zero-order valence-corrected chi connectivity index (χ0v) is 14.7. The van der Waals surface area contributed by atoms with Crippen molar-refractivity contribution in [3.63, 3.8) is 0 Å². The third-order valence-corrected chi connectivity index (χ3v) is 4.38. The van der Waals surface area contributed by atoms with E-state index in [1.54, 1.807) is 25.1 Å². The Hall–Kier alpha value is -1.99. The molecule has 2 amide bonds. The van der Waals surface area contributed by atoms with Crippen LogP contribution < -0.4 is 5.32 Å². The van der Waals surface area contributed by atoms with Crippen molar-refractivity contribution in [3.8, 4) is 0 Å². The number of esters is 1. The Bertz CT molecular complexity index is 678. The third kappa shape index (κ3) is 5.28. The van der Waals surface area contributed by atoms with Gasteiger partial charge >= 0.3 is 5.97 Å². The lowest BCUT2D eigenvalue weighted by molar-refractivity contribution is -0.137. The number of nitrogens with one attached hydrogen (secondary N) is 1. The van der Waals surface area contributed by atoms with Gasteiger partial charge in [0.2, 0.25) is 11.8 Å². The minimum Gasteiger partial charge on any atom is -0.463 e. The molecule has 0 saturated carbocycles. The Morgan fingerprint density at radius 1 is 1.46 bits per heavy atom. The number of carbonyl (C=O) groups is 3. The summed E-state index contributed by atoms with van der Waals surface area (Å²) < 4.78 is 4.83. The third-order valence-electron chi connectivity index (χ3n) is 3.12. The molecule has 0 bridgehead atoms. The van der Waals surface area contributed by atoms with Crippen molar-refractivity contribution in [2.75, 3.05) is 18.9 Å². The van der Waals surface area contributed by atoms with Crippen LogP contribution in [0.5, 0.6) is 0 Å². The first kappa shape index (κ1) is 18.4. The maximum Gasteiger partial charge on any atom is 0.333 e. The monoisotopic (exact) mass is 368 g/mol. The fourth-order valence-electron chi connectivity index (χ4n) is 2.03. The van der Waals surface area contributed by atoms with Gasteiger partial charge < -0.3 is 10.1 Å². The summed E-state index contributed by atoms with van der Waals surface area (Å²) in [4.78, 5) is 36.8. The number of benzene rings is 1. The largest absolute Gasteiger partial charge is 0.463 e. The van der Waals surface area contributed by atoms with E-state index in [4.69, 9.17) is 16.3 Å². The summed E-state index contributed by atoms with van der Waals surface area (Å²) in [6.45, 7) is 2.12. The van der Waals surface area contributed by atoms with Gasteiger partial charge in [-0.2, -0.15) is 0 Å². The normalized spacial score (nSPS) is 15.7. The van der Waals surface area contributed by atoms with Crippen LogP contribution in [0.15, 0.2) is 35.4 Å². The van der Waals surface area contributed by atoms with Crippen LogP contribution in [0.2, 0.25) is 5.02 Å². The highest BCUT2D eigenvalue weighted by atomic mass is 35.5. The van der Waals surface area contributed by atoms with Gasteiger partial charge in [-0.05, 0) is 24.6 Å². The molecule has 0 unspecified atom stereocenters. The number of thioether (sulfide) groups is 1. The van der Waals surface area contributed by atoms with E-state index in [-0.39, 0.29) is 30.7 Å². The molecule has 0 spiro atoms. The summed E-state index contributed by atoms with van der Waals surface area (Å²) in [6.07, 6.45) is 1.24. The standard InChI is InChI=1S/C16H17ClN2O4S/c1-2-23-16(22)7-15-19(14(21)10-24-15)9-13(20)18-8-11-4-3-5-12(17)6-11/h3-7H,2,8-10H2,1H3,(H,18,20)/b15-7+. The van der Waals surface area contributed by atoms with Crippen LogP contribution in [0.25, 0.3) is 0 Å². The molecule has 6 nitrogen and oxygen atoms in total. The summed E-state index contributed by atoms with van der Waals surface area (Å²) in [5.74, 6) is -0.861. The minimum atomic E-state index is -0.529. The van der Waals surface area contributed by atoms with E-state index in [9.17, 15) is 14.4 Å². The van der Waals surface area contributed by atoms with Crippen LogP contribution >= 0.6 is 23.4 Å². The Morgan fingerprint density at radius 3 is 2.96 bits per heavy atom. The molecule has 1 aliphatic rings. The number of carbonyl (C=O) groups excluding carboxylic acids is 3. The highest BCUT2D eigenvalue weighted by Crippen LogP contribution is 2.28. The molecule has 2 rings (SSSR count). The zero-order valence-electron chi connectivity index (χ0n) is 13.1. The molecule has 24 heavy (non-hydrogen) atoms. The average Bonchev–Trinajstić information content (AvgIpc) is 2.86. The van der Waals surface area contributed by atoms with Crippen molar-refractivity contribution in [2.24, 2.45) is 0 Å². The Balaban J connectivity index is 1.93. The van der Waals surface area contributed by atoms with Crippen molar-refractivity contribution in [1.29, 1.82) is 0 Å². The molecular weight excluding hydrogens is 352 g/mol. The molecule has 0 aromatic heterocycles. The summed E-state index contributed by atoms with van der Waals surface area (Å²) in [5, 5.41) is 3.75. The molecule has 1 saturated heterocycles. The number of rotatable bonds is 6. The fraction of sp³-hybridized carbons (Fsp3) is 0.312. The molecule has 8 heteroatoms. The Labute approximate surface area is 149 Å². The topological polar surface area (TPSA) is 75.7 Å². The quantitative estimate of drug-likeness (QED) is 0.613. The average molecular weight is 369 g/mol. The maximum absolute atomic E-state index is 12.1. The van der Waals surface area contributed by atoms with Crippen molar-refractivity contribution in [1.82, 2.24) is 10.2 Å². The number of hydrogen-bond acceptors (Lipinski definition) is 5. The van der Waals surface area contributed by atoms with E-state index in [0.717, 1.165) is 5.56 Å². The molecule has 1 aromatic rings. The van der Waals surface area contributed by atoms with E-state index < -0.39 is 5.97 Å². The van der Waals surface area contributed by atoms with Gasteiger partial charge in [-0.25, -0.2) is 4.79 Å². The molecule has 1 N–H and O–H groups in total. The molecule has 0 aliphatic carbocycles. The van der Waals surface area contributed by atoms with Crippen LogP contribution in [0, 0.1) is 0 Å². The van der Waals surface area contributed by atoms with Crippen LogP contribution in [-0.4, -0.2) is 41.6 Å². The number of amides is 2. The van der Waals surface area contributed by atoms with E-state index in [1.165, 1.54) is 22.7 Å². The van der Waals surface area contributed by atoms with Gasteiger partial charge in [-0.3, -0.25) is 14.5 Å². The van der Waals surface area contributed by atoms with Crippen molar-refractivity contribution < 1.29 is 19.1 Å². The number of halogens is 1. The second kappa shape index (κ2) is 8.75. The van der Waals surface area contributed by atoms with E-state index in [1.807, 2.05) is 6.07 Å². The van der Waals surface area contributed by atoms with Gasteiger partial charge in [-0.15, -0.1) is 0 Å². The summed E-state index contributed by atoms with van der Waals surface area (Å²) in [6, 6.07) is 7.14. The Morgan fingerprint density at radius 2 is 2.25 bits per heavy atom. The van der Waals surface area contributed by atoms with Gasteiger partial charge in [0, 0.05) is 11.6 Å². The molecule has 1 aliphatic heterocycles. The minimum absolute atomic E-state index is 0.141. The lowest BCUT2D eigenvalue weighted by Crippen LogP contribution is -2.37. The molecular formula is C16H17ClN2O4S. The van der Waals surface area contributed by atoms with E-state index in [2.05, 4.69) is 5.32 Å². The number of nitrogens with zero attached hydrogens (tertiary/aromatic N) is 1. The molecule has 1 heterocycles. The van der Waals surface area contributed by atoms with Gasteiger partial charge in [0.25, 0.3) is 0 Å². The lowest BCUT2D eigenvalue weighted by Gasteiger charge is -2.16. The van der Waals surface area contributed by atoms with Crippen molar-refractivity contribution >= 4 is 41.1 Å². The van der Waals surface area contributed by atoms with Gasteiger partial charge in [0.05, 0.1) is 23.5 Å². The molecule has 128 valence electrons. The summed E-state index contributed by atoms with van der Waals surface area (Å²) >= 11 is 7.10. The SMILES string of the molecule is CCOC(=O)/C=C1/SCC(=O)N1CC(=O)NCc1cccc(Cl)c1. The van der Waals surface area contributed by atoms with E-state index in [0.29, 0.717) is 16.6 Å². The van der Waals surface area contributed by atoms with E-state index >= 15 is 0 Å². The van der Waals surface area contributed by atoms with Crippen molar-refractivity contribution in [2.45, 2.75) is 13.5 Å². The predicted octanol–water partition coefficient (Wildman–Crippen LogP) is 1.94. The number of hydrogen-bond donors (Lipinski definition) is 1. The molecule has 0 atom stereocenters. The highest BCUT2D eigenvalue weighted by molar-refractivity contribution is 8.04. The Kier molecular flexibility index (Phi) is 6.69. The molecule has 0 radical (unpaired) electrons. The molecule has 1 fully saturated rings. The van der Waals surface area contributed by atoms with Crippen LogP contribution in [0.3, 0.4) is 0 Å². The summed E-state index contributed by atoms with van der Waals surface area (Å²) in [7, 11) is 0. The highest BCUT2D eigenvalue weighted by Gasteiger charge is 2.29. The molecule has 1 aromatic carbocycles. The first-order chi connectivity index (χ1) is 11.5. The van der Waals surface area contributed by atoms with Crippen LogP contribution in [0.1, 0.15) is 12.5 Å².